The van der Waals surface area contributed by atoms with Crippen LogP contribution in [0.3, 0.4) is 0 Å². The van der Waals surface area contributed by atoms with Crippen LogP contribution in [-0.4, -0.2) is 18.3 Å². The number of aryl methyl sites for hydroxylation is 1. The number of hydrogen-bond acceptors (Lipinski definition) is 1. The van der Waals surface area contributed by atoms with Crippen molar-refractivity contribution in [1.29, 1.82) is 0 Å². The number of rotatable bonds is 5. The molecule has 88 valence electrons. The van der Waals surface area contributed by atoms with Crippen molar-refractivity contribution in [3.05, 3.63) is 33.8 Å². The molecular weight excluding hydrogens is 289 g/mol. The Balaban J connectivity index is 2.53. The fourth-order valence-electron chi connectivity index (χ4n) is 1.32. The predicted molar refractivity (Wildman–Crippen MR) is 71.2 cm³/mol. The zero-order valence-corrected chi connectivity index (χ0v) is 11.6. The van der Waals surface area contributed by atoms with Gasteiger partial charge in [0.25, 0.3) is 5.91 Å². The standard InChI is InChI=1S/C12H15BrClNO/c1-9-4-5-10(11(13)8-9)12(16)15-7-3-2-6-14/h4-5,8H,2-3,6-7H2,1H3,(H,15,16). The predicted octanol–water partition coefficient (Wildman–Crippen LogP) is 3.51. The van der Waals surface area contributed by atoms with Crippen molar-refractivity contribution in [2.24, 2.45) is 0 Å². The SMILES string of the molecule is Cc1ccc(C(=O)NCCCCCl)c(Br)c1. The monoisotopic (exact) mass is 303 g/mol. The van der Waals surface area contributed by atoms with Crippen LogP contribution >= 0.6 is 27.5 Å². The van der Waals surface area contributed by atoms with E-state index < -0.39 is 0 Å². The van der Waals surface area contributed by atoms with Gasteiger partial charge >= 0.3 is 0 Å². The van der Waals surface area contributed by atoms with E-state index in [1.807, 2.05) is 25.1 Å². The molecule has 0 heterocycles. The first-order chi connectivity index (χ1) is 7.65. The molecule has 2 nitrogen and oxygen atoms in total. The van der Waals surface area contributed by atoms with Gasteiger partial charge in [-0.05, 0) is 53.4 Å². The summed E-state index contributed by atoms with van der Waals surface area (Å²) >= 11 is 8.94. The van der Waals surface area contributed by atoms with E-state index in [-0.39, 0.29) is 5.91 Å². The maximum Gasteiger partial charge on any atom is 0.252 e. The van der Waals surface area contributed by atoms with Crippen molar-refractivity contribution in [1.82, 2.24) is 5.32 Å². The van der Waals surface area contributed by atoms with Gasteiger partial charge in [-0.3, -0.25) is 4.79 Å². The molecule has 0 fully saturated rings. The second kappa shape index (κ2) is 6.92. The molecule has 1 amide bonds. The van der Waals surface area contributed by atoms with E-state index in [1.54, 1.807) is 0 Å². The van der Waals surface area contributed by atoms with E-state index in [0.717, 1.165) is 22.9 Å². The van der Waals surface area contributed by atoms with Crippen molar-refractivity contribution >= 4 is 33.4 Å². The zero-order chi connectivity index (χ0) is 12.0. The minimum Gasteiger partial charge on any atom is -0.352 e. The van der Waals surface area contributed by atoms with Crippen molar-refractivity contribution in [2.45, 2.75) is 19.8 Å². The van der Waals surface area contributed by atoms with Gasteiger partial charge in [0, 0.05) is 16.9 Å². The Morgan fingerprint density at radius 2 is 2.19 bits per heavy atom. The van der Waals surface area contributed by atoms with Crippen LogP contribution < -0.4 is 5.32 Å². The molecule has 1 aromatic carbocycles. The molecule has 0 saturated carbocycles. The van der Waals surface area contributed by atoms with Gasteiger partial charge in [-0.25, -0.2) is 0 Å². The Bertz CT molecular complexity index is 368. The first-order valence-corrected chi connectivity index (χ1v) is 6.58. The Labute approximate surface area is 110 Å². The molecule has 0 radical (unpaired) electrons. The Morgan fingerprint density at radius 1 is 1.44 bits per heavy atom. The Kier molecular flexibility index (Phi) is 5.85. The lowest BCUT2D eigenvalue weighted by Crippen LogP contribution is -2.24. The first kappa shape index (κ1) is 13.5. The second-order valence-electron chi connectivity index (χ2n) is 3.64. The molecule has 0 bridgehead atoms. The van der Waals surface area contributed by atoms with Crippen LogP contribution in [0, 0.1) is 6.92 Å². The lowest BCUT2D eigenvalue weighted by molar-refractivity contribution is 0.0952. The van der Waals surface area contributed by atoms with Gasteiger partial charge in [-0.15, -0.1) is 11.6 Å². The van der Waals surface area contributed by atoms with Gasteiger partial charge in [-0.2, -0.15) is 0 Å². The highest BCUT2D eigenvalue weighted by atomic mass is 79.9. The summed E-state index contributed by atoms with van der Waals surface area (Å²) in [6.45, 7) is 2.67. The average molecular weight is 305 g/mol. The van der Waals surface area contributed by atoms with Crippen molar-refractivity contribution in [2.75, 3.05) is 12.4 Å². The summed E-state index contributed by atoms with van der Waals surface area (Å²) in [6, 6.07) is 5.70. The minimum atomic E-state index is -0.0403. The number of alkyl halides is 1. The summed E-state index contributed by atoms with van der Waals surface area (Å²) < 4.78 is 0.836. The van der Waals surface area contributed by atoms with Crippen LogP contribution in [0.2, 0.25) is 0 Å². The fraction of sp³-hybridized carbons (Fsp3) is 0.417. The molecule has 16 heavy (non-hydrogen) atoms. The molecule has 0 aliphatic carbocycles. The summed E-state index contributed by atoms with van der Waals surface area (Å²) in [7, 11) is 0. The number of carbonyl (C=O) groups excluding carboxylic acids is 1. The summed E-state index contributed by atoms with van der Waals surface area (Å²) in [6.07, 6.45) is 1.84. The van der Waals surface area contributed by atoms with Crippen molar-refractivity contribution < 1.29 is 4.79 Å². The van der Waals surface area contributed by atoms with Gasteiger partial charge in [0.05, 0.1) is 5.56 Å². The van der Waals surface area contributed by atoms with E-state index >= 15 is 0 Å². The van der Waals surface area contributed by atoms with E-state index in [9.17, 15) is 4.79 Å². The van der Waals surface area contributed by atoms with Crippen LogP contribution in [0.25, 0.3) is 0 Å². The number of unbranched alkanes of at least 4 members (excludes halogenated alkanes) is 1. The lowest BCUT2D eigenvalue weighted by Gasteiger charge is -2.06. The van der Waals surface area contributed by atoms with E-state index in [2.05, 4.69) is 21.2 Å². The number of hydrogen-bond donors (Lipinski definition) is 1. The molecule has 0 spiro atoms. The topological polar surface area (TPSA) is 29.1 Å². The van der Waals surface area contributed by atoms with Gasteiger partial charge in [0.15, 0.2) is 0 Å². The third-order valence-corrected chi connectivity index (χ3v) is 3.14. The van der Waals surface area contributed by atoms with Crippen LogP contribution in [0.15, 0.2) is 22.7 Å². The summed E-state index contributed by atoms with van der Waals surface area (Å²) in [5.41, 5.74) is 1.81. The summed E-state index contributed by atoms with van der Waals surface area (Å²) in [4.78, 5) is 11.8. The zero-order valence-electron chi connectivity index (χ0n) is 9.22. The average Bonchev–Trinajstić information content (AvgIpc) is 2.24. The van der Waals surface area contributed by atoms with Gasteiger partial charge in [-0.1, -0.05) is 6.07 Å². The van der Waals surface area contributed by atoms with Crippen molar-refractivity contribution in [3.63, 3.8) is 0 Å². The minimum absolute atomic E-state index is 0.0403. The number of halogens is 2. The first-order valence-electron chi connectivity index (χ1n) is 5.25. The third kappa shape index (κ3) is 4.14. The number of amides is 1. The molecule has 0 aliphatic rings. The maximum atomic E-state index is 11.8. The number of carbonyl (C=O) groups is 1. The Morgan fingerprint density at radius 3 is 2.81 bits per heavy atom. The molecule has 0 atom stereocenters. The molecule has 1 aromatic rings. The lowest BCUT2D eigenvalue weighted by atomic mass is 10.1. The van der Waals surface area contributed by atoms with Gasteiger partial charge in [0.1, 0.15) is 0 Å². The molecule has 0 saturated heterocycles. The van der Waals surface area contributed by atoms with Crippen LogP contribution in [0.5, 0.6) is 0 Å². The smallest absolute Gasteiger partial charge is 0.252 e. The molecule has 0 unspecified atom stereocenters. The highest BCUT2D eigenvalue weighted by molar-refractivity contribution is 9.10. The maximum absolute atomic E-state index is 11.8. The van der Waals surface area contributed by atoms with Crippen molar-refractivity contribution in [3.8, 4) is 0 Å². The summed E-state index contributed by atoms with van der Waals surface area (Å²) in [5, 5.41) is 2.87. The fourth-order valence-corrected chi connectivity index (χ4v) is 2.18. The highest BCUT2D eigenvalue weighted by Gasteiger charge is 2.08. The largest absolute Gasteiger partial charge is 0.352 e. The third-order valence-electron chi connectivity index (χ3n) is 2.22. The molecule has 1 N–H and O–H groups in total. The molecular formula is C12H15BrClNO. The molecule has 4 heteroatoms. The highest BCUT2D eigenvalue weighted by Crippen LogP contribution is 2.18. The molecule has 0 aliphatic heterocycles. The second-order valence-corrected chi connectivity index (χ2v) is 4.87. The number of benzene rings is 1. The number of nitrogens with one attached hydrogen (secondary N) is 1. The van der Waals surface area contributed by atoms with E-state index in [4.69, 9.17) is 11.6 Å². The quantitative estimate of drug-likeness (QED) is 0.654. The van der Waals surface area contributed by atoms with E-state index in [1.165, 1.54) is 0 Å². The van der Waals surface area contributed by atoms with Gasteiger partial charge < -0.3 is 5.32 Å². The molecule has 0 aromatic heterocycles. The van der Waals surface area contributed by atoms with E-state index in [0.29, 0.717) is 18.0 Å². The normalized spacial score (nSPS) is 10.2. The van der Waals surface area contributed by atoms with Gasteiger partial charge in [0.2, 0.25) is 0 Å². The Hall–Kier alpha value is -0.540. The van der Waals surface area contributed by atoms with Crippen LogP contribution in [0.1, 0.15) is 28.8 Å². The molecule has 1 rings (SSSR count). The van der Waals surface area contributed by atoms with Crippen LogP contribution in [0.4, 0.5) is 0 Å². The summed E-state index contributed by atoms with van der Waals surface area (Å²) in [5.74, 6) is 0.603. The van der Waals surface area contributed by atoms with Crippen LogP contribution in [-0.2, 0) is 0 Å².